The van der Waals surface area contributed by atoms with Gasteiger partial charge in [0.05, 0.1) is 0 Å². The summed E-state index contributed by atoms with van der Waals surface area (Å²) in [6, 6.07) is 11.1. The summed E-state index contributed by atoms with van der Waals surface area (Å²) in [6.07, 6.45) is 19.1. The van der Waals surface area contributed by atoms with Crippen LogP contribution in [0.15, 0.2) is 30.3 Å². The van der Waals surface area contributed by atoms with Gasteiger partial charge >= 0.3 is 0 Å². The lowest BCUT2D eigenvalue weighted by molar-refractivity contribution is -0.132. The van der Waals surface area contributed by atoms with Crippen LogP contribution in [-0.2, 0) is 11.3 Å². The number of benzene rings is 1. The molecule has 1 aliphatic rings. The molecule has 0 saturated carbocycles. The second-order valence-electron chi connectivity index (χ2n) is 9.16. The molecule has 0 unspecified atom stereocenters. The minimum absolute atomic E-state index is 0.378. The van der Waals surface area contributed by atoms with E-state index in [0.29, 0.717) is 11.9 Å². The lowest BCUT2D eigenvalue weighted by atomic mass is 10.0. The predicted molar refractivity (Wildman–Crippen MR) is 129 cm³/mol. The van der Waals surface area contributed by atoms with Gasteiger partial charge in [-0.15, -0.1) is 0 Å². The highest BCUT2D eigenvalue weighted by Gasteiger charge is 2.21. The van der Waals surface area contributed by atoms with E-state index in [9.17, 15) is 4.79 Å². The number of likely N-dealkylation sites (tertiary alicyclic amines) is 1. The Morgan fingerprint density at radius 2 is 1.37 bits per heavy atom. The number of unbranched alkanes of at least 4 members (excludes halogenated alkanes) is 11. The third kappa shape index (κ3) is 11.2. The van der Waals surface area contributed by atoms with Crippen LogP contribution in [0, 0.1) is 0 Å². The van der Waals surface area contributed by atoms with E-state index in [1.807, 2.05) is 0 Å². The molecule has 1 aromatic carbocycles. The number of amides is 1. The van der Waals surface area contributed by atoms with Crippen molar-refractivity contribution in [3.05, 3.63) is 35.9 Å². The van der Waals surface area contributed by atoms with Crippen LogP contribution in [0.2, 0.25) is 0 Å². The summed E-state index contributed by atoms with van der Waals surface area (Å²) >= 11 is 0. The van der Waals surface area contributed by atoms with Crippen molar-refractivity contribution in [3.8, 4) is 0 Å². The Morgan fingerprint density at radius 1 is 0.833 bits per heavy atom. The molecule has 170 valence electrons. The van der Waals surface area contributed by atoms with Crippen molar-refractivity contribution in [3.63, 3.8) is 0 Å². The van der Waals surface area contributed by atoms with Gasteiger partial charge in [0.15, 0.2) is 0 Å². The van der Waals surface area contributed by atoms with Crippen LogP contribution in [-0.4, -0.2) is 29.9 Å². The van der Waals surface area contributed by atoms with Crippen LogP contribution in [0.1, 0.15) is 109 Å². The number of rotatable bonds is 16. The maximum absolute atomic E-state index is 12.5. The van der Waals surface area contributed by atoms with Crippen molar-refractivity contribution in [2.75, 3.05) is 13.1 Å². The maximum atomic E-state index is 12.5. The third-order valence-corrected chi connectivity index (χ3v) is 6.53. The molecule has 2 rings (SSSR count). The van der Waals surface area contributed by atoms with Crippen LogP contribution in [0.25, 0.3) is 0 Å². The second-order valence-corrected chi connectivity index (χ2v) is 9.16. The number of nitrogens with one attached hydrogen (secondary N) is 1. The summed E-state index contributed by atoms with van der Waals surface area (Å²) in [5.41, 5.74) is 1.34. The summed E-state index contributed by atoms with van der Waals surface area (Å²) in [5, 5.41) is 3.65. The number of carbonyl (C=O) groups is 1. The Morgan fingerprint density at radius 3 is 1.93 bits per heavy atom. The zero-order valence-corrected chi connectivity index (χ0v) is 19.5. The van der Waals surface area contributed by atoms with E-state index in [1.165, 1.54) is 76.2 Å². The molecule has 1 heterocycles. The van der Waals surface area contributed by atoms with Crippen LogP contribution in [0.3, 0.4) is 0 Å². The Kier molecular flexibility index (Phi) is 13.6. The largest absolute Gasteiger partial charge is 0.343 e. The van der Waals surface area contributed by atoms with Crippen molar-refractivity contribution in [2.45, 2.75) is 116 Å². The summed E-state index contributed by atoms with van der Waals surface area (Å²) < 4.78 is 0. The van der Waals surface area contributed by atoms with Gasteiger partial charge in [-0.1, -0.05) is 108 Å². The maximum Gasteiger partial charge on any atom is 0.222 e. The molecule has 3 heteroatoms. The van der Waals surface area contributed by atoms with E-state index in [0.717, 1.165) is 45.3 Å². The molecule has 30 heavy (non-hydrogen) atoms. The number of hydrogen-bond acceptors (Lipinski definition) is 2. The average Bonchev–Trinajstić information content (AvgIpc) is 2.79. The lowest BCUT2D eigenvalue weighted by Gasteiger charge is -2.32. The fourth-order valence-electron chi connectivity index (χ4n) is 4.47. The van der Waals surface area contributed by atoms with Crippen LogP contribution < -0.4 is 5.32 Å². The monoisotopic (exact) mass is 414 g/mol. The number of piperidine rings is 1. The summed E-state index contributed by atoms with van der Waals surface area (Å²) in [7, 11) is 0. The molecule has 0 spiro atoms. The van der Waals surface area contributed by atoms with E-state index in [2.05, 4.69) is 47.5 Å². The van der Waals surface area contributed by atoms with Gasteiger partial charge in [0.2, 0.25) is 5.91 Å². The molecular formula is C27H46N2O. The fourth-order valence-corrected chi connectivity index (χ4v) is 4.47. The fraction of sp³-hybridized carbons (Fsp3) is 0.741. The topological polar surface area (TPSA) is 32.3 Å². The Hall–Kier alpha value is -1.35. The summed E-state index contributed by atoms with van der Waals surface area (Å²) in [5.74, 6) is 0.378. The molecule has 1 amide bonds. The Balaban J connectivity index is 1.40. The molecule has 1 aliphatic heterocycles. The van der Waals surface area contributed by atoms with Crippen LogP contribution >= 0.6 is 0 Å². The zero-order chi connectivity index (χ0) is 21.3. The second kappa shape index (κ2) is 16.4. The van der Waals surface area contributed by atoms with Crippen molar-refractivity contribution >= 4 is 5.91 Å². The Labute approximate surface area is 186 Å². The number of hydrogen-bond donors (Lipinski definition) is 1. The smallest absolute Gasteiger partial charge is 0.222 e. The molecule has 0 atom stereocenters. The van der Waals surface area contributed by atoms with Gasteiger partial charge in [0.1, 0.15) is 0 Å². The minimum atomic E-state index is 0.378. The minimum Gasteiger partial charge on any atom is -0.343 e. The van der Waals surface area contributed by atoms with E-state index in [1.54, 1.807) is 0 Å². The predicted octanol–water partition coefficient (Wildman–Crippen LogP) is 6.86. The van der Waals surface area contributed by atoms with Gasteiger partial charge in [-0.2, -0.15) is 0 Å². The van der Waals surface area contributed by atoms with E-state index < -0.39 is 0 Å². The first-order valence-electron chi connectivity index (χ1n) is 12.8. The first kappa shape index (κ1) is 24.9. The van der Waals surface area contributed by atoms with Gasteiger partial charge in [0.25, 0.3) is 0 Å². The molecule has 3 nitrogen and oxygen atoms in total. The molecule has 0 radical (unpaired) electrons. The quantitative estimate of drug-likeness (QED) is 0.300. The first-order chi connectivity index (χ1) is 14.8. The average molecular weight is 415 g/mol. The van der Waals surface area contributed by atoms with E-state index in [-0.39, 0.29) is 0 Å². The SMILES string of the molecule is CCCCCCCCCCCCCCC(=O)N1CCC(NCc2ccccc2)CC1. The van der Waals surface area contributed by atoms with Crippen LogP contribution in [0.5, 0.6) is 0 Å². The highest BCUT2D eigenvalue weighted by Crippen LogP contribution is 2.15. The lowest BCUT2D eigenvalue weighted by Crippen LogP contribution is -2.44. The van der Waals surface area contributed by atoms with Gasteiger partial charge in [0, 0.05) is 32.1 Å². The summed E-state index contributed by atoms with van der Waals surface area (Å²) in [4.78, 5) is 14.6. The van der Waals surface area contributed by atoms with Gasteiger partial charge in [-0.25, -0.2) is 0 Å². The Bertz CT molecular complexity index is 537. The highest BCUT2D eigenvalue weighted by molar-refractivity contribution is 5.76. The van der Waals surface area contributed by atoms with Crippen molar-refractivity contribution in [1.82, 2.24) is 10.2 Å². The molecule has 0 aromatic heterocycles. The zero-order valence-electron chi connectivity index (χ0n) is 19.5. The molecule has 1 aromatic rings. The van der Waals surface area contributed by atoms with Crippen molar-refractivity contribution < 1.29 is 4.79 Å². The molecule has 1 saturated heterocycles. The third-order valence-electron chi connectivity index (χ3n) is 6.53. The molecule has 1 N–H and O–H groups in total. The van der Waals surface area contributed by atoms with E-state index >= 15 is 0 Å². The molecule has 0 bridgehead atoms. The number of nitrogens with zero attached hydrogens (tertiary/aromatic N) is 1. The van der Waals surface area contributed by atoms with Crippen LogP contribution in [0.4, 0.5) is 0 Å². The first-order valence-corrected chi connectivity index (χ1v) is 12.8. The number of carbonyl (C=O) groups excluding carboxylic acids is 1. The molecular weight excluding hydrogens is 368 g/mol. The van der Waals surface area contributed by atoms with Gasteiger partial charge < -0.3 is 10.2 Å². The highest BCUT2D eigenvalue weighted by atomic mass is 16.2. The molecule has 0 aliphatic carbocycles. The van der Waals surface area contributed by atoms with Crippen molar-refractivity contribution in [2.24, 2.45) is 0 Å². The van der Waals surface area contributed by atoms with E-state index in [4.69, 9.17) is 0 Å². The van der Waals surface area contributed by atoms with Gasteiger partial charge in [-0.3, -0.25) is 4.79 Å². The molecule has 1 fully saturated rings. The standard InChI is InChI=1S/C27H46N2O/c1-2-3-4-5-6-7-8-9-10-11-12-16-19-27(30)29-22-20-26(21-23-29)28-24-25-17-14-13-15-18-25/h13-15,17-18,26,28H,2-12,16,19-24H2,1H3. The summed E-state index contributed by atoms with van der Waals surface area (Å²) in [6.45, 7) is 5.05. The van der Waals surface area contributed by atoms with Gasteiger partial charge in [-0.05, 0) is 24.8 Å². The normalized spacial score (nSPS) is 14.9. The van der Waals surface area contributed by atoms with Crippen molar-refractivity contribution in [1.29, 1.82) is 0 Å².